The molecule has 2 rings (SSSR count). The monoisotopic (exact) mass is 287 g/mol. The molecular formula is C12H22BrN3. The zero-order chi connectivity index (χ0) is 10.5. The van der Waals surface area contributed by atoms with Gasteiger partial charge >= 0.3 is 0 Å². The van der Waals surface area contributed by atoms with E-state index in [9.17, 15) is 0 Å². The number of imidazole rings is 1. The summed E-state index contributed by atoms with van der Waals surface area (Å²) in [6.45, 7) is 5.71. The Morgan fingerprint density at radius 1 is 1.50 bits per heavy atom. The van der Waals surface area contributed by atoms with Crippen molar-refractivity contribution in [3.05, 3.63) is 18.7 Å². The highest BCUT2D eigenvalue weighted by Gasteiger charge is 2.16. The van der Waals surface area contributed by atoms with Crippen LogP contribution in [0.15, 0.2) is 18.7 Å². The van der Waals surface area contributed by atoms with Crippen LogP contribution >= 0.6 is 0 Å². The van der Waals surface area contributed by atoms with E-state index in [2.05, 4.69) is 40.1 Å². The van der Waals surface area contributed by atoms with Crippen LogP contribution in [0.2, 0.25) is 0 Å². The van der Waals surface area contributed by atoms with Gasteiger partial charge in [-0.25, -0.2) is 9.13 Å². The fraction of sp³-hybridized carbons (Fsp3) is 0.750. The van der Waals surface area contributed by atoms with E-state index in [4.69, 9.17) is 0 Å². The van der Waals surface area contributed by atoms with Crippen molar-refractivity contribution in [1.82, 2.24) is 9.88 Å². The molecule has 0 spiro atoms. The third-order valence-corrected chi connectivity index (χ3v) is 3.11. The maximum absolute atomic E-state index is 3.53. The quantitative estimate of drug-likeness (QED) is 0.643. The molecule has 1 aliphatic rings. The molecule has 1 N–H and O–H groups in total. The smallest absolute Gasteiger partial charge is 0.243 e. The summed E-state index contributed by atoms with van der Waals surface area (Å²) in [6.07, 6.45) is 11.8. The molecular weight excluding hydrogens is 266 g/mol. The molecule has 0 unspecified atom stereocenters. The second kappa shape index (κ2) is 7.07. The second-order valence-corrected chi connectivity index (χ2v) is 4.50. The summed E-state index contributed by atoms with van der Waals surface area (Å²) >= 11 is 0. The van der Waals surface area contributed by atoms with E-state index in [1.54, 1.807) is 0 Å². The van der Waals surface area contributed by atoms with Crippen LogP contribution in [0.3, 0.4) is 0 Å². The summed E-state index contributed by atoms with van der Waals surface area (Å²) in [7, 11) is 0. The molecule has 4 heteroatoms. The Hall–Kier alpha value is -0.350. The van der Waals surface area contributed by atoms with Crippen molar-refractivity contribution in [2.75, 3.05) is 6.54 Å². The average Bonchev–Trinajstić information content (AvgIpc) is 2.87. The van der Waals surface area contributed by atoms with Crippen molar-refractivity contribution in [2.45, 2.75) is 51.7 Å². The van der Waals surface area contributed by atoms with Crippen molar-refractivity contribution < 1.29 is 21.5 Å². The van der Waals surface area contributed by atoms with Gasteiger partial charge in [0.1, 0.15) is 18.9 Å². The predicted octanol–water partition coefficient (Wildman–Crippen LogP) is -1.67. The summed E-state index contributed by atoms with van der Waals surface area (Å²) < 4.78 is 4.59. The van der Waals surface area contributed by atoms with Crippen LogP contribution in [-0.2, 0) is 13.1 Å². The Balaban J connectivity index is 0.00000128. The molecule has 16 heavy (non-hydrogen) atoms. The first-order chi connectivity index (χ1) is 7.38. The van der Waals surface area contributed by atoms with Crippen molar-refractivity contribution in [2.24, 2.45) is 0 Å². The van der Waals surface area contributed by atoms with Gasteiger partial charge in [0.25, 0.3) is 0 Å². The molecule has 0 radical (unpaired) electrons. The number of rotatable bonds is 5. The summed E-state index contributed by atoms with van der Waals surface area (Å²) in [5, 5.41) is 3.53. The van der Waals surface area contributed by atoms with Gasteiger partial charge in [-0.3, -0.25) is 0 Å². The van der Waals surface area contributed by atoms with Crippen molar-refractivity contribution in [3.63, 3.8) is 0 Å². The van der Waals surface area contributed by atoms with E-state index in [1.165, 1.54) is 32.2 Å². The minimum atomic E-state index is 0. The van der Waals surface area contributed by atoms with Gasteiger partial charge in [-0.2, -0.15) is 0 Å². The summed E-state index contributed by atoms with van der Waals surface area (Å²) in [5.74, 6) is 0. The molecule has 1 aliphatic heterocycles. The topological polar surface area (TPSA) is 20.8 Å². The Morgan fingerprint density at radius 2 is 2.38 bits per heavy atom. The van der Waals surface area contributed by atoms with Gasteiger partial charge in [-0.05, 0) is 25.8 Å². The Morgan fingerprint density at radius 3 is 3.06 bits per heavy atom. The number of aromatic nitrogens is 2. The Kier molecular flexibility index (Phi) is 6.06. The standard InChI is InChI=1S/C12H22N3.BrH/c1-2-3-7-14-8-9-15(11-14)10-12-5-4-6-13-12;/h8-9,11-13H,2-7,10H2,1H3;1H/q+1;/p-1/t12-;/m0./s1. The lowest BCUT2D eigenvalue weighted by molar-refractivity contribution is -0.698. The molecule has 0 amide bonds. The molecule has 1 aromatic rings. The maximum Gasteiger partial charge on any atom is 0.243 e. The zero-order valence-electron chi connectivity index (χ0n) is 10.0. The first-order valence-electron chi connectivity index (χ1n) is 6.16. The summed E-state index contributed by atoms with van der Waals surface area (Å²) in [5.41, 5.74) is 0. The van der Waals surface area contributed by atoms with Gasteiger partial charge in [0.05, 0.1) is 6.54 Å². The fourth-order valence-electron chi connectivity index (χ4n) is 2.19. The van der Waals surface area contributed by atoms with E-state index < -0.39 is 0 Å². The Bertz CT molecular complexity index is 292. The first kappa shape index (κ1) is 13.7. The first-order valence-corrected chi connectivity index (χ1v) is 6.16. The van der Waals surface area contributed by atoms with Gasteiger partial charge in [-0.15, -0.1) is 0 Å². The van der Waals surface area contributed by atoms with Gasteiger partial charge < -0.3 is 22.3 Å². The molecule has 1 aromatic heterocycles. The van der Waals surface area contributed by atoms with Gasteiger partial charge in [0, 0.05) is 6.04 Å². The number of hydrogen-bond donors (Lipinski definition) is 1. The molecule has 1 saturated heterocycles. The van der Waals surface area contributed by atoms with Gasteiger partial charge in [0.15, 0.2) is 0 Å². The van der Waals surface area contributed by atoms with E-state index in [1.807, 2.05) is 0 Å². The van der Waals surface area contributed by atoms with E-state index in [-0.39, 0.29) is 17.0 Å². The van der Waals surface area contributed by atoms with E-state index >= 15 is 0 Å². The fourth-order valence-corrected chi connectivity index (χ4v) is 2.19. The third-order valence-electron chi connectivity index (χ3n) is 3.11. The molecule has 3 nitrogen and oxygen atoms in total. The SMILES string of the molecule is CCCCn1cc[n+](C[C@@H]2CCCN2)c1.[Br-]. The van der Waals surface area contributed by atoms with Gasteiger partial charge in [-0.1, -0.05) is 13.3 Å². The van der Waals surface area contributed by atoms with Crippen LogP contribution in [0.1, 0.15) is 32.6 Å². The minimum absolute atomic E-state index is 0. The predicted molar refractivity (Wildman–Crippen MR) is 60.6 cm³/mol. The van der Waals surface area contributed by atoms with Crippen LogP contribution in [0, 0.1) is 0 Å². The van der Waals surface area contributed by atoms with Crippen LogP contribution in [0.25, 0.3) is 0 Å². The highest BCUT2D eigenvalue weighted by Crippen LogP contribution is 2.04. The number of unbranched alkanes of at least 4 members (excludes halogenated alkanes) is 1. The summed E-state index contributed by atoms with van der Waals surface area (Å²) in [6, 6.07) is 0.692. The second-order valence-electron chi connectivity index (χ2n) is 4.50. The molecule has 2 heterocycles. The molecule has 0 bridgehead atoms. The highest BCUT2D eigenvalue weighted by atomic mass is 79.9. The molecule has 0 aromatic carbocycles. The normalized spacial score (nSPS) is 19.7. The third kappa shape index (κ3) is 3.91. The van der Waals surface area contributed by atoms with Gasteiger partial charge in [0.2, 0.25) is 6.33 Å². The van der Waals surface area contributed by atoms with Crippen LogP contribution in [-0.4, -0.2) is 17.2 Å². The largest absolute Gasteiger partial charge is 1.00 e. The molecule has 0 aliphatic carbocycles. The minimum Gasteiger partial charge on any atom is -1.00 e. The maximum atomic E-state index is 3.53. The number of nitrogens with zero attached hydrogens (tertiary/aromatic N) is 2. The van der Waals surface area contributed by atoms with Crippen LogP contribution in [0.5, 0.6) is 0 Å². The average molecular weight is 288 g/mol. The van der Waals surface area contributed by atoms with E-state index in [0.717, 1.165) is 13.1 Å². The lowest BCUT2D eigenvalue weighted by atomic mass is 10.2. The van der Waals surface area contributed by atoms with Crippen molar-refractivity contribution >= 4 is 0 Å². The lowest BCUT2D eigenvalue weighted by Gasteiger charge is -2.05. The number of nitrogens with one attached hydrogen (secondary N) is 1. The zero-order valence-corrected chi connectivity index (χ0v) is 11.6. The van der Waals surface area contributed by atoms with Crippen LogP contribution < -0.4 is 26.9 Å². The Labute approximate surface area is 109 Å². The molecule has 1 atom stereocenters. The number of halogens is 1. The number of hydrogen-bond acceptors (Lipinski definition) is 1. The highest BCUT2D eigenvalue weighted by molar-refractivity contribution is 4.72. The number of aryl methyl sites for hydroxylation is 1. The van der Waals surface area contributed by atoms with E-state index in [0.29, 0.717) is 6.04 Å². The van der Waals surface area contributed by atoms with Crippen molar-refractivity contribution in [1.29, 1.82) is 0 Å². The lowest BCUT2D eigenvalue weighted by Crippen LogP contribution is -3.00. The molecule has 92 valence electrons. The van der Waals surface area contributed by atoms with Crippen molar-refractivity contribution in [3.8, 4) is 0 Å². The van der Waals surface area contributed by atoms with Crippen LogP contribution in [0.4, 0.5) is 0 Å². The summed E-state index contributed by atoms with van der Waals surface area (Å²) in [4.78, 5) is 0. The molecule has 0 saturated carbocycles. The molecule has 1 fully saturated rings.